The summed E-state index contributed by atoms with van der Waals surface area (Å²) in [6.45, 7) is 3.41. The van der Waals surface area contributed by atoms with Crippen molar-refractivity contribution < 1.29 is 4.74 Å². The van der Waals surface area contributed by atoms with Crippen LogP contribution in [0.1, 0.15) is 0 Å². The normalized spacial score (nSPS) is 15.9. The maximum Gasteiger partial charge on any atom is 0.120 e. The third-order valence-corrected chi connectivity index (χ3v) is 2.89. The van der Waals surface area contributed by atoms with Gasteiger partial charge in [0, 0.05) is 44.4 Å². The predicted molar refractivity (Wildman–Crippen MR) is 62.6 cm³/mol. The lowest BCUT2D eigenvalue weighted by Crippen LogP contribution is -2.47. The van der Waals surface area contributed by atoms with E-state index in [1.54, 1.807) is 7.11 Å². The van der Waals surface area contributed by atoms with Gasteiger partial charge < -0.3 is 15.0 Å². The van der Waals surface area contributed by atoms with Crippen LogP contribution in [0.15, 0.2) is 24.3 Å². The third kappa shape index (κ3) is 2.42. The molecule has 1 saturated heterocycles. The Morgan fingerprint density at radius 2 is 2.27 bits per heavy atom. The van der Waals surface area contributed by atoms with Gasteiger partial charge in [0.15, 0.2) is 0 Å². The standard InChI is InChI=1S/C12H18N2O/c1-14(9-10-7-13-8-10)11-4-3-5-12(6-11)15-2/h3-6,10,13H,7-9H2,1-2H3. The molecule has 1 aliphatic heterocycles. The number of methoxy groups -OCH3 is 1. The number of hydrogen-bond acceptors (Lipinski definition) is 3. The lowest BCUT2D eigenvalue weighted by molar-refractivity contribution is 0.352. The molecule has 0 bridgehead atoms. The summed E-state index contributed by atoms with van der Waals surface area (Å²) in [6, 6.07) is 8.20. The lowest BCUT2D eigenvalue weighted by atomic mass is 10.0. The Kier molecular flexibility index (Phi) is 3.11. The van der Waals surface area contributed by atoms with Gasteiger partial charge in [-0.1, -0.05) is 6.07 Å². The van der Waals surface area contributed by atoms with E-state index in [2.05, 4.69) is 29.4 Å². The predicted octanol–water partition coefficient (Wildman–Crippen LogP) is 1.35. The molecule has 0 radical (unpaired) electrons. The van der Waals surface area contributed by atoms with E-state index in [0.29, 0.717) is 0 Å². The van der Waals surface area contributed by atoms with E-state index in [1.807, 2.05) is 12.1 Å². The average molecular weight is 206 g/mol. The molecule has 3 heteroatoms. The van der Waals surface area contributed by atoms with Gasteiger partial charge in [-0.3, -0.25) is 0 Å². The fourth-order valence-electron chi connectivity index (χ4n) is 1.82. The van der Waals surface area contributed by atoms with Crippen molar-refractivity contribution in [3.8, 4) is 5.75 Å². The van der Waals surface area contributed by atoms with Crippen LogP contribution in [0.3, 0.4) is 0 Å². The monoisotopic (exact) mass is 206 g/mol. The second kappa shape index (κ2) is 4.53. The number of nitrogens with one attached hydrogen (secondary N) is 1. The summed E-state index contributed by atoms with van der Waals surface area (Å²) >= 11 is 0. The first-order valence-corrected chi connectivity index (χ1v) is 5.35. The Bertz CT molecular complexity index is 323. The number of anilines is 1. The van der Waals surface area contributed by atoms with Crippen LogP contribution in [-0.2, 0) is 0 Å². The molecule has 1 fully saturated rings. The molecule has 0 unspecified atom stereocenters. The number of benzene rings is 1. The van der Waals surface area contributed by atoms with Crippen LogP contribution in [0.2, 0.25) is 0 Å². The minimum atomic E-state index is 0.793. The highest BCUT2D eigenvalue weighted by Gasteiger charge is 2.18. The number of hydrogen-bond donors (Lipinski definition) is 1. The van der Waals surface area contributed by atoms with Gasteiger partial charge in [0.25, 0.3) is 0 Å². The number of nitrogens with zero attached hydrogens (tertiary/aromatic N) is 1. The van der Waals surface area contributed by atoms with Crippen molar-refractivity contribution in [1.82, 2.24) is 5.32 Å². The molecule has 2 rings (SSSR count). The maximum atomic E-state index is 5.21. The summed E-state index contributed by atoms with van der Waals surface area (Å²) in [5, 5.41) is 3.29. The van der Waals surface area contributed by atoms with Crippen molar-refractivity contribution in [2.45, 2.75) is 0 Å². The van der Waals surface area contributed by atoms with Crippen molar-refractivity contribution in [3.05, 3.63) is 24.3 Å². The fourth-order valence-corrected chi connectivity index (χ4v) is 1.82. The van der Waals surface area contributed by atoms with Gasteiger partial charge in [-0.25, -0.2) is 0 Å². The van der Waals surface area contributed by atoms with Crippen molar-refractivity contribution >= 4 is 5.69 Å². The van der Waals surface area contributed by atoms with E-state index in [-0.39, 0.29) is 0 Å². The SMILES string of the molecule is COc1cccc(N(C)CC2CNC2)c1. The van der Waals surface area contributed by atoms with Gasteiger partial charge in [0.1, 0.15) is 5.75 Å². The Morgan fingerprint density at radius 1 is 1.47 bits per heavy atom. The number of rotatable bonds is 4. The minimum Gasteiger partial charge on any atom is -0.497 e. The largest absolute Gasteiger partial charge is 0.497 e. The molecule has 15 heavy (non-hydrogen) atoms. The maximum absolute atomic E-state index is 5.21. The molecule has 0 amide bonds. The van der Waals surface area contributed by atoms with Crippen LogP contribution < -0.4 is 15.0 Å². The zero-order valence-corrected chi connectivity index (χ0v) is 9.36. The molecular formula is C12H18N2O. The first-order valence-electron chi connectivity index (χ1n) is 5.35. The van der Waals surface area contributed by atoms with Gasteiger partial charge in [0.2, 0.25) is 0 Å². The van der Waals surface area contributed by atoms with Crippen LogP contribution in [0.5, 0.6) is 5.75 Å². The second-order valence-electron chi connectivity index (χ2n) is 4.11. The van der Waals surface area contributed by atoms with Crippen LogP contribution in [0, 0.1) is 5.92 Å². The molecule has 0 atom stereocenters. The van der Waals surface area contributed by atoms with Crippen molar-refractivity contribution in [2.75, 3.05) is 38.7 Å². The summed E-state index contributed by atoms with van der Waals surface area (Å²) in [6.07, 6.45) is 0. The van der Waals surface area contributed by atoms with Gasteiger partial charge in [0.05, 0.1) is 7.11 Å². The Hall–Kier alpha value is -1.22. The van der Waals surface area contributed by atoms with Gasteiger partial charge in [-0.15, -0.1) is 0 Å². The molecule has 1 N–H and O–H groups in total. The highest BCUT2D eigenvalue weighted by atomic mass is 16.5. The summed E-state index contributed by atoms with van der Waals surface area (Å²) in [4.78, 5) is 2.29. The van der Waals surface area contributed by atoms with E-state index in [1.165, 1.54) is 5.69 Å². The first-order chi connectivity index (χ1) is 7.29. The molecule has 0 spiro atoms. The van der Waals surface area contributed by atoms with Crippen LogP contribution >= 0.6 is 0 Å². The zero-order chi connectivity index (χ0) is 10.7. The first kappa shape index (κ1) is 10.3. The molecular weight excluding hydrogens is 188 g/mol. The smallest absolute Gasteiger partial charge is 0.120 e. The summed E-state index contributed by atoms with van der Waals surface area (Å²) in [7, 11) is 3.84. The van der Waals surface area contributed by atoms with Gasteiger partial charge in [-0.05, 0) is 12.1 Å². The molecule has 0 aliphatic carbocycles. The summed E-state index contributed by atoms with van der Waals surface area (Å²) in [5.41, 5.74) is 1.22. The van der Waals surface area contributed by atoms with E-state index >= 15 is 0 Å². The summed E-state index contributed by atoms with van der Waals surface area (Å²) in [5.74, 6) is 1.72. The van der Waals surface area contributed by atoms with Crippen LogP contribution in [-0.4, -0.2) is 33.8 Å². The Morgan fingerprint density at radius 3 is 2.87 bits per heavy atom. The Balaban J connectivity index is 1.99. The van der Waals surface area contributed by atoms with Crippen molar-refractivity contribution in [3.63, 3.8) is 0 Å². The van der Waals surface area contributed by atoms with Crippen LogP contribution in [0.25, 0.3) is 0 Å². The van der Waals surface area contributed by atoms with E-state index in [4.69, 9.17) is 4.74 Å². The molecule has 82 valence electrons. The molecule has 0 aromatic heterocycles. The Labute approximate surface area is 91.0 Å². The van der Waals surface area contributed by atoms with Gasteiger partial charge in [-0.2, -0.15) is 0 Å². The highest BCUT2D eigenvalue weighted by Crippen LogP contribution is 2.21. The van der Waals surface area contributed by atoms with E-state index < -0.39 is 0 Å². The van der Waals surface area contributed by atoms with Gasteiger partial charge >= 0.3 is 0 Å². The summed E-state index contributed by atoms with van der Waals surface area (Å²) < 4.78 is 5.21. The van der Waals surface area contributed by atoms with Crippen molar-refractivity contribution in [1.29, 1.82) is 0 Å². The van der Waals surface area contributed by atoms with E-state index in [9.17, 15) is 0 Å². The molecule has 0 saturated carbocycles. The second-order valence-corrected chi connectivity index (χ2v) is 4.11. The quantitative estimate of drug-likeness (QED) is 0.805. The van der Waals surface area contributed by atoms with Crippen molar-refractivity contribution in [2.24, 2.45) is 5.92 Å². The third-order valence-electron chi connectivity index (χ3n) is 2.89. The molecule has 1 aromatic carbocycles. The van der Waals surface area contributed by atoms with Crippen LogP contribution in [0.4, 0.5) is 5.69 Å². The molecule has 1 aromatic rings. The molecule has 1 heterocycles. The molecule has 3 nitrogen and oxygen atoms in total. The average Bonchev–Trinajstić information content (AvgIpc) is 2.23. The lowest BCUT2D eigenvalue weighted by Gasteiger charge is -2.32. The minimum absolute atomic E-state index is 0.793. The number of ether oxygens (including phenoxy) is 1. The zero-order valence-electron chi connectivity index (χ0n) is 9.36. The highest BCUT2D eigenvalue weighted by molar-refractivity contribution is 5.50. The van der Waals surface area contributed by atoms with E-state index in [0.717, 1.165) is 31.3 Å². The molecule has 1 aliphatic rings. The fraction of sp³-hybridized carbons (Fsp3) is 0.500. The topological polar surface area (TPSA) is 24.5 Å².